The predicted octanol–water partition coefficient (Wildman–Crippen LogP) is 1.56. The van der Waals surface area contributed by atoms with Crippen molar-refractivity contribution in [2.75, 3.05) is 5.32 Å². The molecule has 1 aromatic carbocycles. The average Bonchev–Trinajstić information content (AvgIpc) is 2.84. The van der Waals surface area contributed by atoms with Crippen molar-refractivity contribution < 1.29 is 14.7 Å². The lowest BCUT2D eigenvalue weighted by Crippen LogP contribution is -2.17. The number of hydrogen-bond acceptors (Lipinski definition) is 4. The fourth-order valence-corrected chi connectivity index (χ4v) is 2.84. The minimum atomic E-state index is -0.926. The number of hydrogen-bond donors (Lipinski definition) is 2. The Morgan fingerprint density at radius 1 is 1.14 bits per heavy atom. The standard InChI is InChI=1S/C15H16N4O3/c1-15(2)11(12(15)14(21)22)13(20)18-9-3-5-10(6-4-9)19-16-7-8-17-19/h3-8,11-12H,1-2H3,(H,18,20)(H,21,22)/t11-,12+/m1/s1. The van der Waals surface area contributed by atoms with Gasteiger partial charge in [0, 0.05) is 5.69 Å². The fraction of sp³-hybridized carbons (Fsp3) is 0.333. The zero-order valence-electron chi connectivity index (χ0n) is 12.2. The fourth-order valence-electron chi connectivity index (χ4n) is 2.84. The Morgan fingerprint density at radius 2 is 1.73 bits per heavy atom. The molecule has 114 valence electrons. The van der Waals surface area contributed by atoms with Gasteiger partial charge in [-0.2, -0.15) is 15.0 Å². The monoisotopic (exact) mass is 300 g/mol. The van der Waals surface area contributed by atoms with Gasteiger partial charge in [0.1, 0.15) is 0 Å². The Labute approximate surface area is 126 Å². The van der Waals surface area contributed by atoms with E-state index in [9.17, 15) is 9.59 Å². The Morgan fingerprint density at radius 3 is 2.23 bits per heavy atom. The van der Waals surface area contributed by atoms with Crippen molar-refractivity contribution >= 4 is 17.6 Å². The second kappa shape index (κ2) is 4.94. The van der Waals surface area contributed by atoms with Crippen LogP contribution in [0.5, 0.6) is 0 Å². The van der Waals surface area contributed by atoms with E-state index in [0.29, 0.717) is 5.69 Å². The van der Waals surface area contributed by atoms with Gasteiger partial charge in [-0.15, -0.1) is 0 Å². The summed E-state index contributed by atoms with van der Waals surface area (Å²) in [7, 11) is 0. The van der Waals surface area contributed by atoms with Gasteiger partial charge < -0.3 is 10.4 Å². The quantitative estimate of drug-likeness (QED) is 0.893. The van der Waals surface area contributed by atoms with Crippen molar-refractivity contribution in [3.63, 3.8) is 0 Å². The molecule has 2 aromatic rings. The number of benzene rings is 1. The molecule has 1 amide bonds. The number of carboxylic acid groups (broad SMARTS) is 1. The van der Waals surface area contributed by atoms with E-state index in [1.165, 1.54) is 4.80 Å². The molecule has 7 heteroatoms. The van der Waals surface area contributed by atoms with Crippen LogP contribution >= 0.6 is 0 Å². The average molecular weight is 300 g/mol. The van der Waals surface area contributed by atoms with Crippen LogP contribution in [0.3, 0.4) is 0 Å². The van der Waals surface area contributed by atoms with Crippen molar-refractivity contribution in [2.24, 2.45) is 17.3 Å². The first kappa shape index (κ1) is 14.2. The van der Waals surface area contributed by atoms with Crippen LogP contribution in [0.4, 0.5) is 5.69 Å². The van der Waals surface area contributed by atoms with Crippen molar-refractivity contribution in [1.82, 2.24) is 15.0 Å². The third-order valence-electron chi connectivity index (χ3n) is 4.16. The molecule has 0 bridgehead atoms. The van der Waals surface area contributed by atoms with E-state index in [-0.39, 0.29) is 5.91 Å². The van der Waals surface area contributed by atoms with Crippen LogP contribution in [0.25, 0.3) is 5.69 Å². The van der Waals surface area contributed by atoms with Crippen LogP contribution in [-0.4, -0.2) is 32.0 Å². The zero-order chi connectivity index (χ0) is 15.9. The highest BCUT2D eigenvalue weighted by Crippen LogP contribution is 2.58. The summed E-state index contributed by atoms with van der Waals surface area (Å²) in [6.45, 7) is 3.59. The molecule has 0 spiro atoms. The Balaban J connectivity index is 1.69. The Hall–Kier alpha value is -2.70. The van der Waals surface area contributed by atoms with Crippen LogP contribution < -0.4 is 5.32 Å². The minimum Gasteiger partial charge on any atom is -0.481 e. The van der Waals surface area contributed by atoms with Gasteiger partial charge in [0.05, 0.1) is 29.9 Å². The van der Waals surface area contributed by atoms with Crippen LogP contribution in [0.1, 0.15) is 13.8 Å². The molecular weight excluding hydrogens is 284 g/mol. The number of anilines is 1. The van der Waals surface area contributed by atoms with Crippen LogP contribution in [0.2, 0.25) is 0 Å². The second-order valence-corrected chi connectivity index (χ2v) is 5.97. The topological polar surface area (TPSA) is 97.1 Å². The molecule has 0 unspecified atom stereocenters. The zero-order valence-corrected chi connectivity index (χ0v) is 12.2. The lowest BCUT2D eigenvalue weighted by Gasteiger charge is -2.07. The first-order valence-corrected chi connectivity index (χ1v) is 6.91. The Kier molecular flexibility index (Phi) is 3.20. The molecule has 0 radical (unpaired) electrons. The summed E-state index contributed by atoms with van der Waals surface area (Å²) in [4.78, 5) is 24.8. The molecule has 0 saturated heterocycles. The summed E-state index contributed by atoms with van der Waals surface area (Å²) in [5, 5.41) is 19.9. The highest BCUT2D eigenvalue weighted by Gasteiger charge is 2.65. The summed E-state index contributed by atoms with van der Waals surface area (Å²) in [5.41, 5.74) is 0.889. The molecule has 2 N–H and O–H groups in total. The van der Waals surface area contributed by atoms with Crippen molar-refractivity contribution in [3.05, 3.63) is 36.7 Å². The molecule has 1 fully saturated rings. The van der Waals surface area contributed by atoms with E-state index < -0.39 is 23.2 Å². The SMILES string of the molecule is CC1(C)[C@H](C(=O)O)[C@@H]1C(=O)Nc1ccc(-n2nccn2)cc1. The number of nitrogens with zero attached hydrogens (tertiary/aromatic N) is 3. The maximum absolute atomic E-state index is 12.2. The van der Waals surface area contributed by atoms with Gasteiger partial charge in [0.2, 0.25) is 5.91 Å². The lowest BCUT2D eigenvalue weighted by molar-refractivity contribution is -0.140. The number of amides is 1. The largest absolute Gasteiger partial charge is 0.481 e. The van der Waals surface area contributed by atoms with Crippen LogP contribution in [-0.2, 0) is 9.59 Å². The van der Waals surface area contributed by atoms with Gasteiger partial charge in [0.15, 0.2) is 0 Å². The molecule has 7 nitrogen and oxygen atoms in total. The number of carbonyl (C=O) groups excluding carboxylic acids is 1. The van der Waals surface area contributed by atoms with E-state index in [1.807, 2.05) is 0 Å². The smallest absolute Gasteiger partial charge is 0.307 e. The highest BCUT2D eigenvalue weighted by molar-refractivity contribution is 5.99. The first-order chi connectivity index (χ1) is 10.4. The molecule has 2 atom stereocenters. The van der Waals surface area contributed by atoms with E-state index in [1.54, 1.807) is 50.5 Å². The van der Waals surface area contributed by atoms with E-state index >= 15 is 0 Å². The maximum atomic E-state index is 12.2. The number of carbonyl (C=O) groups is 2. The van der Waals surface area contributed by atoms with E-state index in [0.717, 1.165) is 5.69 Å². The molecule has 1 saturated carbocycles. The molecule has 0 aliphatic heterocycles. The third kappa shape index (κ3) is 2.34. The van der Waals surface area contributed by atoms with E-state index in [4.69, 9.17) is 5.11 Å². The van der Waals surface area contributed by atoms with Gasteiger partial charge >= 0.3 is 5.97 Å². The molecule has 1 heterocycles. The van der Waals surface area contributed by atoms with Crippen molar-refractivity contribution in [3.8, 4) is 5.69 Å². The molecule has 22 heavy (non-hydrogen) atoms. The summed E-state index contributed by atoms with van der Waals surface area (Å²) in [5.74, 6) is -2.31. The van der Waals surface area contributed by atoms with Gasteiger partial charge in [0.25, 0.3) is 0 Å². The predicted molar refractivity (Wildman–Crippen MR) is 78.4 cm³/mol. The van der Waals surface area contributed by atoms with Crippen LogP contribution in [0, 0.1) is 17.3 Å². The number of carboxylic acids is 1. The number of rotatable bonds is 4. The van der Waals surface area contributed by atoms with Crippen molar-refractivity contribution in [1.29, 1.82) is 0 Å². The molecule has 3 rings (SSSR count). The number of aliphatic carboxylic acids is 1. The lowest BCUT2D eigenvalue weighted by atomic mass is 10.1. The van der Waals surface area contributed by atoms with E-state index in [2.05, 4.69) is 15.5 Å². The van der Waals surface area contributed by atoms with Gasteiger partial charge in [-0.3, -0.25) is 9.59 Å². The van der Waals surface area contributed by atoms with Crippen LogP contribution in [0.15, 0.2) is 36.7 Å². The molecule has 1 aromatic heterocycles. The van der Waals surface area contributed by atoms with Crippen molar-refractivity contribution in [2.45, 2.75) is 13.8 Å². The summed E-state index contributed by atoms with van der Waals surface area (Å²) < 4.78 is 0. The number of aromatic nitrogens is 3. The minimum absolute atomic E-state index is 0.262. The molecule has 1 aliphatic rings. The first-order valence-electron chi connectivity index (χ1n) is 6.91. The maximum Gasteiger partial charge on any atom is 0.307 e. The normalized spacial score (nSPS) is 22.1. The van der Waals surface area contributed by atoms with Gasteiger partial charge in [-0.05, 0) is 29.7 Å². The molecular formula is C15H16N4O3. The molecule has 1 aliphatic carbocycles. The highest BCUT2D eigenvalue weighted by atomic mass is 16.4. The third-order valence-corrected chi connectivity index (χ3v) is 4.16. The van der Waals surface area contributed by atoms with Gasteiger partial charge in [-0.25, -0.2) is 0 Å². The van der Waals surface area contributed by atoms with Gasteiger partial charge in [-0.1, -0.05) is 13.8 Å². The summed E-state index contributed by atoms with van der Waals surface area (Å²) in [6, 6.07) is 7.04. The number of nitrogens with one attached hydrogen (secondary N) is 1. The second-order valence-electron chi connectivity index (χ2n) is 5.97. The summed E-state index contributed by atoms with van der Waals surface area (Å²) in [6.07, 6.45) is 3.16. The summed E-state index contributed by atoms with van der Waals surface area (Å²) >= 11 is 0. The Bertz CT molecular complexity index is 707.